The van der Waals surface area contributed by atoms with Gasteiger partial charge in [-0.15, -0.1) is 0 Å². The number of carbonyl (C=O) groups is 2. The van der Waals surface area contributed by atoms with Crippen molar-refractivity contribution in [1.82, 2.24) is 15.1 Å². The molecule has 2 fully saturated rings. The zero-order chi connectivity index (χ0) is 21.0. The van der Waals surface area contributed by atoms with Gasteiger partial charge in [-0.25, -0.2) is 9.48 Å². The Hall–Kier alpha value is -2.70. The molecule has 3 atom stereocenters. The van der Waals surface area contributed by atoms with Crippen LogP contribution in [0, 0.1) is 16.7 Å². The van der Waals surface area contributed by atoms with E-state index in [4.69, 9.17) is 4.74 Å². The van der Waals surface area contributed by atoms with Gasteiger partial charge in [0.15, 0.2) is 12.3 Å². The minimum absolute atomic E-state index is 0.0310. The van der Waals surface area contributed by atoms with Gasteiger partial charge in [-0.05, 0) is 42.1 Å². The zero-order valence-electron chi connectivity index (χ0n) is 17.3. The first-order valence-corrected chi connectivity index (χ1v) is 10.1. The maximum absolute atomic E-state index is 12.6. The van der Waals surface area contributed by atoms with Crippen LogP contribution in [0.3, 0.4) is 0 Å². The Kier molecular flexibility index (Phi) is 4.52. The number of hydrogen-bond acceptors (Lipinski definition) is 5. The number of benzene rings is 1. The van der Waals surface area contributed by atoms with Crippen molar-refractivity contribution in [2.75, 3.05) is 6.61 Å². The molecule has 3 unspecified atom stereocenters. The molecule has 1 heterocycles. The van der Waals surface area contributed by atoms with E-state index in [2.05, 4.69) is 31.2 Å². The van der Waals surface area contributed by atoms with Crippen LogP contribution in [0.15, 0.2) is 29.1 Å². The number of rotatable bonds is 4. The van der Waals surface area contributed by atoms with Gasteiger partial charge < -0.3 is 10.1 Å². The van der Waals surface area contributed by atoms with Gasteiger partial charge in [0.25, 0.3) is 11.5 Å². The highest BCUT2D eigenvalue weighted by atomic mass is 16.5. The molecular weight excluding hydrogens is 370 g/mol. The highest BCUT2D eigenvalue weighted by Gasteiger charge is 2.61. The highest BCUT2D eigenvalue weighted by molar-refractivity contribution is 6.02. The summed E-state index contributed by atoms with van der Waals surface area (Å²) >= 11 is 0. The van der Waals surface area contributed by atoms with Crippen molar-refractivity contribution in [3.8, 4) is 0 Å². The van der Waals surface area contributed by atoms with Crippen LogP contribution in [0.4, 0.5) is 0 Å². The molecule has 7 nitrogen and oxygen atoms in total. The summed E-state index contributed by atoms with van der Waals surface area (Å²) in [5.41, 5.74) is -0.00271. The lowest BCUT2D eigenvalue weighted by atomic mass is 9.69. The van der Waals surface area contributed by atoms with Crippen molar-refractivity contribution in [3.05, 3.63) is 40.3 Å². The molecule has 2 aliphatic rings. The third-order valence-corrected chi connectivity index (χ3v) is 7.61. The predicted molar refractivity (Wildman–Crippen MR) is 108 cm³/mol. The molecule has 0 spiro atoms. The number of ether oxygens (including phenoxy) is 1. The minimum Gasteiger partial charge on any atom is -0.451 e. The largest absolute Gasteiger partial charge is 0.451 e. The standard InChI is InChI=1S/C22H27N3O4/c1-21(2)13-9-10-22(21,3)16(11-13)23-17(26)12-29-20(28)18-14-7-5-6-8-15(14)19(27)25(4)24-18/h5-8,13,16H,9-12H2,1-4H3,(H,23,26). The van der Waals surface area contributed by atoms with Crippen molar-refractivity contribution in [3.63, 3.8) is 0 Å². The molecule has 1 N–H and O–H groups in total. The van der Waals surface area contributed by atoms with E-state index >= 15 is 0 Å². The Bertz CT molecular complexity index is 1060. The normalized spacial score (nSPS) is 27.2. The molecule has 2 aromatic rings. The third-order valence-electron chi connectivity index (χ3n) is 7.61. The van der Waals surface area contributed by atoms with Crippen molar-refractivity contribution < 1.29 is 14.3 Å². The maximum Gasteiger partial charge on any atom is 0.359 e. The van der Waals surface area contributed by atoms with E-state index in [0.717, 1.165) is 17.5 Å². The Labute approximate surface area is 169 Å². The van der Waals surface area contributed by atoms with E-state index in [1.54, 1.807) is 24.3 Å². The Balaban J connectivity index is 1.45. The van der Waals surface area contributed by atoms with Gasteiger partial charge in [-0.2, -0.15) is 5.10 Å². The summed E-state index contributed by atoms with van der Waals surface area (Å²) in [6.07, 6.45) is 3.27. The van der Waals surface area contributed by atoms with Crippen LogP contribution in [0.25, 0.3) is 10.8 Å². The van der Waals surface area contributed by atoms with E-state index in [0.29, 0.717) is 16.7 Å². The number of nitrogens with zero attached hydrogens (tertiary/aromatic N) is 2. The second kappa shape index (κ2) is 6.68. The van der Waals surface area contributed by atoms with E-state index in [1.807, 2.05) is 0 Å². The predicted octanol–water partition coefficient (Wildman–Crippen LogP) is 2.42. The Morgan fingerprint density at radius 1 is 1.24 bits per heavy atom. The highest BCUT2D eigenvalue weighted by Crippen LogP contribution is 2.65. The van der Waals surface area contributed by atoms with E-state index in [-0.39, 0.29) is 40.6 Å². The fraction of sp³-hybridized carbons (Fsp3) is 0.545. The van der Waals surface area contributed by atoms with Gasteiger partial charge in [0, 0.05) is 18.5 Å². The van der Waals surface area contributed by atoms with E-state index in [9.17, 15) is 14.4 Å². The number of esters is 1. The number of amides is 1. The van der Waals surface area contributed by atoms with E-state index in [1.165, 1.54) is 13.5 Å². The van der Waals surface area contributed by atoms with Gasteiger partial charge in [0.1, 0.15) is 0 Å². The first-order valence-electron chi connectivity index (χ1n) is 10.1. The second-order valence-corrected chi connectivity index (χ2v) is 9.13. The number of aryl methyl sites for hydroxylation is 1. The van der Waals surface area contributed by atoms with Crippen LogP contribution in [-0.2, 0) is 16.6 Å². The molecule has 1 aromatic heterocycles. The summed E-state index contributed by atoms with van der Waals surface area (Å²) in [5, 5.41) is 7.93. The third kappa shape index (κ3) is 2.94. The lowest BCUT2D eigenvalue weighted by molar-refractivity contribution is -0.126. The minimum atomic E-state index is -0.716. The molecule has 1 aromatic carbocycles. The van der Waals surface area contributed by atoms with Crippen LogP contribution < -0.4 is 10.9 Å². The topological polar surface area (TPSA) is 90.3 Å². The molecule has 2 saturated carbocycles. The summed E-state index contributed by atoms with van der Waals surface area (Å²) in [4.78, 5) is 37.3. The number of carbonyl (C=O) groups excluding carboxylic acids is 2. The average molecular weight is 397 g/mol. The lowest BCUT2D eigenvalue weighted by Crippen LogP contribution is -2.48. The Morgan fingerprint density at radius 3 is 2.55 bits per heavy atom. The number of aromatic nitrogens is 2. The van der Waals surface area contributed by atoms with Gasteiger partial charge in [-0.3, -0.25) is 9.59 Å². The molecule has 0 saturated heterocycles. The fourth-order valence-corrected chi connectivity index (χ4v) is 5.31. The lowest BCUT2D eigenvalue weighted by Gasteiger charge is -2.39. The van der Waals surface area contributed by atoms with Crippen molar-refractivity contribution >= 4 is 22.6 Å². The maximum atomic E-state index is 12.6. The van der Waals surface area contributed by atoms with E-state index < -0.39 is 5.97 Å². The number of nitrogens with one attached hydrogen (secondary N) is 1. The van der Waals surface area contributed by atoms with Gasteiger partial charge in [0.05, 0.1) is 5.39 Å². The Morgan fingerprint density at radius 2 is 1.93 bits per heavy atom. The molecule has 2 aliphatic carbocycles. The molecule has 154 valence electrons. The summed E-state index contributed by atoms with van der Waals surface area (Å²) < 4.78 is 6.35. The first-order chi connectivity index (χ1) is 13.6. The summed E-state index contributed by atoms with van der Waals surface area (Å²) in [7, 11) is 1.48. The number of fused-ring (bicyclic) bond motifs is 3. The summed E-state index contributed by atoms with van der Waals surface area (Å²) in [5.74, 6) is -0.407. The molecule has 0 aliphatic heterocycles. The van der Waals surface area contributed by atoms with Crippen molar-refractivity contribution in [2.24, 2.45) is 23.8 Å². The van der Waals surface area contributed by atoms with Crippen LogP contribution in [-0.4, -0.2) is 34.3 Å². The first kappa shape index (κ1) is 19.6. The van der Waals surface area contributed by atoms with Crippen molar-refractivity contribution in [2.45, 2.75) is 46.1 Å². The summed E-state index contributed by atoms with van der Waals surface area (Å²) in [6, 6.07) is 6.84. The van der Waals surface area contributed by atoms with Crippen LogP contribution in [0.5, 0.6) is 0 Å². The summed E-state index contributed by atoms with van der Waals surface area (Å²) in [6.45, 7) is 6.45. The monoisotopic (exact) mass is 397 g/mol. The zero-order valence-corrected chi connectivity index (χ0v) is 17.3. The molecule has 0 radical (unpaired) electrons. The van der Waals surface area contributed by atoms with Crippen molar-refractivity contribution in [1.29, 1.82) is 0 Å². The molecule has 1 amide bonds. The van der Waals surface area contributed by atoms with Gasteiger partial charge >= 0.3 is 5.97 Å². The second-order valence-electron chi connectivity index (χ2n) is 9.13. The smallest absolute Gasteiger partial charge is 0.359 e. The van der Waals surface area contributed by atoms with Gasteiger partial charge in [0.2, 0.25) is 0 Å². The van der Waals surface area contributed by atoms with Crippen LogP contribution in [0.1, 0.15) is 50.5 Å². The number of hydrogen-bond donors (Lipinski definition) is 1. The molecule has 2 bridgehead atoms. The van der Waals surface area contributed by atoms with Gasteiger partial charge in [-0.1, -0.05) is 39.0 Å². The van der Waals surface area contributed by atoms with Crippen LogP contribution in [0.2, 0.25) is 0 Å². The molecular formula is C22H27N3O4. The SMILES string of the molecule is Cn1nc(C(=O)OCC(=O)NC2CC3CCC2(C)C3(C)C)c2ccccc2c1=O. The molecule has 7 heteroatoms. The molecule has 29 heavy (non-hydrogen) atoms. The molecule has 4 rings (SSSR count). The quantitative estimate of drug-likeness (QED) is 0.800. The fourth-order valence-electron chi connectivity index (χ4n) is 5.31. The van der Waals surface area contributed by atoms with Crippen LogP contribution >= 0.6 is 0 Å². The average Bonchev–Trinajstić information content (AvgIpc) is 3.02.